The SMILES string of the molecule is CC(O)c1noc(-c2ccccn2)n1. The summed E-state index contributed by atoms with van der Waals surface area (Å²) < 4.78 is 4.93. The second kappa shape index (κ2) is 3.55. The molecule has 0 saturated heterocycles. The van der Waals surface area contributed by atoms with E-state index >= 15 is 0 Å². The first-order chi connectivity index (χ1) is 6.77. The molecule has 2 aromatic heterocycles. The number of aliphatic hydroxyl groups excluding tert-OH is 1. The van der Waals surface area contributed by atoms with E-state index in [9.17, 15) is 5.11 Å². The van der Waals surface area contributed by atoms with Crippen molar-refractivity contribution in [2.45, 2.75) is 13.0 Å². The van der Waals surface area contributed by atoms with Crippen LogP contribution in [0.15, 0.2) is 28.9 Å². The van der Waals surface area contributed by atoms with Crippen molar-refractivity contribution < 1.29 is 9.63 Å². The molecule has 1 atom stereocenters. The summed E-state index contributed by atoms with van der Waals surface area (Å²) in [5.74, 6) is 0.590. The topological polar surface area (TPSA) is 72.0 Å². The molecule has 2 heterocycles. The Morgan fingerprint density at radius 1 is 1.43 bits per heavy atom. The number of pyridine rings is 1. The van der Waals surface area contributed by atoms with E-state index in [1.54, 1.807) is 25.3 Å². The Morgan fingerprint density at radius 3 is 2.86 bits per heavy atom. The predicted octanol–water partition coefficient (Wildman–Crippen LogP) is 1.18. The first-order valence-electron chi connectivity index (χ1n) is 4.20. The van der Waals surface area contributed by atoms with Gasteiger partial charge in [-0.25, -0.2) is 0 Å². The first-order valence-corrected chi connectivity index (χ1v) is 4.20. The van der Waals surface area contributed by atoms with Gasteiger partial charge in [0, 0.05) is 6.20 Å². The molecule has 0 aromatic carbocycles. The molecule has 2 rings (SSSR count). The van der Waals surface area contributed by atoms with Crippen LogP contribution in [0.4, 0.5) is 0 Å². The van der Waals surface area contributed by atoms with Crippen LogP contribution in [0.2, 0.25) is 0 Å². The molecule has 2 aromatic rings. The monoisotopic (exact) mass is 191 g/mol. The average Bonchev–Trinajstić information content (AvgIpc) is 2.68. The summed E-state index contributed by atoms with van der Waals surface area (Å²) in [5.41, 5.74) is 0.604. The molecule has 0 bridgehead atoms. The molecule has 0 aliphatic heterocycles. The molecule has 5 heteroatoms. The number of hydrogen-bond donors (Lipinski definition) is 1. The minimum Gasteiger partial charge on any atom is -0.385 e. The maximum absolute atomic E-state index is 9.18. The van der Waals surface area contributed by atoms with E-state index in [0.29, 0.717) is 11.6 Å². The fraction of sp³-hybridized carbons (Fsp3) is 0.222. The lowest BCUT2D eigenvalue weighted by molar-refractivity contribution is 0.184. The van der Waals surface area contributed by atoms with Crippen LogP contribution in [0.5, 0.6) is 0 Å². The third-order valence-electron chi connectivity index (χ3n) is 1.70. The van der Waals surface area contributed by atoms with Crippen molar-refractivity contribution in [1.29, 1.82) is 0 Å². The van der Waals surface area contributed by atoms with E-state index in [0.717, 1.165) is 0 Å². The highest BCUT2D eigenvalue weighted by atomic mass is 16.5. The van der Waals surface area contributed by atoms with E-state index in [1.165, 1.54) is 0 Å². The van der Waals surface area contributed by atoms with Crippen LogP contribution in [0.25, 0.3) is 11.6 Å². The van der Waals surface area contributed by atoms with Gasteiger partial charge in [0.25, 0.3) is 5.89 Å². The van der Waals surface area contributed by atoms with Crippen LogP contribution in [-0.4, -0.2) is 20.2 Å². The summed E-state index contributed by atoms with van der Waals surface area (Å²) in [4.78, 5) is 8.03. The number of nitrogens with zero attached hydrogens (tertiary/aromatic N) is 3. The van der Waals surface area contributed by atoms with Gasteiger partial charge in [0.15, 0.2) is 5.82 Å². The fourth-order valence-corrected chi connectivity index (χ4v) is 0.998. The summed E-state index contributed by atoms with van der Waals surface area (Å²) in [5, 5.41) is 12.8. The zero-order valence-electron chi connectivity index (χ0n) is 7.58. The predicted molar refractivity (Wildman–Crippen MR) is 48.2 cm³/mol. The largest absolute Gasteiger partial charge is 0.385 e. The highest BCUT2D eigenvalue weighted by Gasteiger charge is 2.12. The number of rotatable bonds is 2. The van der Waals surface area contributed by atoms with Crippen molar-refractivity contribution in [3.05, 3.63) is 30.2 Å². The molecule has 72 valence electrons. The molecule has 0 saturated carbocycles. The van der Waals surface area contributed by atoms with Crippen molar-refractivity contribution in [3.8, 4) is 11.6 Å². The van der Waals surface area contributed by atoms with Crippen LogP contribution < -0.4 is 0 Å². The van der Waals surface area contributed by atoms with E-state index < -0.39 is 6.10 Å². The Kier molecular flexibility index (Phi) is 2.24. The number of hydrogen-bond acceptors (Lipinski definition) is 5. The Balaban J connectivity index is 2.34. The van der Waals surface area contributed by atoms with Gasteiger partial charge in [-0.05, 0) is 19.1 Å². The molecule has 0 aliphatic rings. The molecule has 14 heavy (non-hydrogen) atoms. The summed E-state index contributed by atoms with van der Waals surface area (Å²) in [6, 6.07) is 5.39. The zero-order chi connectivity index (χ0) is 9.97. The third kappa shape index (κ3) is 1.62. The molecule has 0 radical (unpaired) electrons. The van der Waals surface area contributed by atoms with Gasteiger partial charge < -0.3 is 9.63 Å². The van der Waals surface area contributed by atoms with E-state index in [4.69, 9.17) is 4.52 Å². The molecule has 0 amide bonds. The highest BCUT2D eigenvalue weighted by Crippen LogP contribution is 2.15. The quantitative estimate of drug-likeness (QED) is 0.771. The van der Waals surface area contributed by atoms with Gasteiger partial charge in [0.2, 0.25) is 0 Å². The van der Waals surface area contributed by atoms with Crippen molar-refractivity contribution in [2.75, 3.05) is 0 Å². The van der Waals surface area contributed by atoms with E-state index in [1.807, 2.05) is 6.07 Å². The van der Waals surface area contributed by atoms with Crippen LogP contribution >= 0.6 is 0 Å². The summed E-state index contributed by atoms with van der Waals surface area (Å²) in [6.07, 6.45) is 0.915. The second-order valence-corrected chi connectivity index (χ2v) is 2.85. The molecule has 0 aliphatic carbocycles. The average molecular weight is 191 g/mol. The van der Waals surface area contributed by atoms with Gasteiger partial charge in [-0.3, -0.25) is 4.98 Å². The molecule has 5 nitrogen and oxygen atoms in total. The third-order valence-corrected chi connectivity index (χ3v) is 1.70. The minimum atomic E-state index is -0.726. The standard InChI is InChI=1S/C9H9N3O2/c1-6(13)8-11-9(14-12-8)7-4-2-3-5-10-7/h2-6,13H,1H3. The number of aliphatic hydroxyl groups is 1. The Labute approximate surface area is 80.4 Å². The Hall–Kier alpha value is -1.75. The maximum Gasteiger partial charge on any atom is 0.276 e. The normalized spacial score (nSPS) is 12.7. The molecule has 0 spiro atoms. The van der Waals surface area contributed by atoms with Crippen LogP contribution in [-0.2, 0) is 0 Å². The van der Waals surface area contributed by atoms with Gasteiger partial charge in [0.1, 0.15) is 11.8 Å². The van der Waals surface area contributed by atoms with Gasteiger partial charge in [0.05, 0.1) is 0 Å². The lowest BCUT2D eigenvalue weighted by Crippen LogP contribution is -1.93. The van der Waals surface area contributed by atoms with E-state index in [2.05, 4.69) is 15.1 Å². The smallest absolute Gasteiger partial charge is 0.276 e. The van der Waals surface area contributed by atoms with Gasteiger partial charge in [-0.2, -0.15) is 4.98 Å². The van der Waals surface area contributed by atoms with Crippen LogP contribution in [0, 0.1) is 0 Å². The summed E-state index contributed by atoms with van der Waals surface area (Å²) >= 11 is 0. The van der Waals surface area contributed by atoms with Crippen LogP contribution in [0.1, 0.15) is 18.9 Å². The minimum absolute atomic E-state index is 0.269. The molecule has 1 unspecified atom stereocenters. The van der Waals surface area contributed by atoms with Crippen molar-refractivity contribution in [2.24, 2.45) is 0 Å². The fourth-order valence-electron chi connectivity index (χ4n) is 0.998. The van der Waals surface area contributed by atoms with Gasteiger partial charge in [-0.1, -0.05) is 11.2 Å². The van der Waals surface area contributed by atoms with Crippen molar-refractivity contribution in [1.82, 2.24) is 15.1 Å². The first kappa shape index (κ1) is 8.83. The molecular weight excluding hydrogens is 182 g/mol. The van der Waals surface area contributed by atoms with Crippen LogP contribution in [0.3, 0.4) is 0 Å². The second-order valence-electron chi connectivity index (χ2n) is 2.85. The lowest BCUT2D eigenvalue weighted by atomic mass is 10.3. The Morgan fingerprint density at radius 2 is 2.29 bits per heavy atom. The van der Waals surface area contributed by atoms with E-state index in [-0.39, 0.29) is 5.82 Å². The summed E-state index contributed by atoms with van der Waals surface area (Å²) in [7, 11) is 0. The van der Waals surface area contributed by atoms with Gasteiger partial charge >= 0.3 is 0 Å². The maximum atomic E-state index is 9.18. The molecular formula is C9H9N3O2. The lowest BCUT2D eigenvalue weighted by Gasteiger charge is -1.92. The summed E-state index contributed by atoms with van der Waals surface area (Å²) in [6.45, 7) is 1.58. The molecule has 0 fully saturated rings. The Bertz CT molecular complexity index is 411. The van der Waals surface area contributed by atoms with Gasteiger partial charge in [-0.15, -0.1) is 0 Å². The number of aromatic nitrogens is 3. The highest BCUT2D eigenvalue weighted by molar-refractivity contribution is 5.45. The molecule has 1 N–H and O–H groups in total. The zero-order valence-corrected chi connectivity index (χ0v) is 7.58. The van der Waals surface area contributed by atoms with Crippen molar-refractivity contribution >= 4 is 0 Å². The van der Waals surface area contributed by atoms with Crippen molar-refractivity contribution in [3.63, 3.8) is 0 Å².